The molecule has 0 aromatic carbocycles. The van der Waals surface area contributed by atoms with Gasteiger partial charge in [0.1, 0.15) is 18.1 Å². The highest BCUT2D eigenvalue weighted by molar-refractivity contribution is 5.25. The van der Waals surface area contributed by atoms with Crippen LogP contribution in [0.5, 0.6) is 0 Å². The van der Waals surface area contributed by atoms with Gasteiger partial charge in [0.15, 0.2) is 0 Å². The maximum atomic E-state index is 5.74. The van der Waals surface area contributed by atoms with Gasteiger partial charge >= 0.3 is 0 Å². The standard InChI is InChI=1S/C12H19NO2/c1-12(2)9(6-13)11(12)10-5-4-8(15-10)7-14-3/h4-5,9,11H,6-7,13H2,1-3H3/t9-,11+/m0/s1. The first-order valence-electron chi connectivity index (χ1n) is 5.39. The molecule has 1 fully saturated rings. The number of furan rings is 1. The van der Waals surface area contributed by atoms with Crippen LogP contribution in [0.25, 0.3) is 0 Å². The van der Waals surface area contributed by atoms with Crippen molar-refractivity contribution in [2.24, 2.45) is 17.1 Å². The van der Waals surface area contributed by atoms with Crippen molar-refractivity contribution in [2.45, 2.75) is 26.4 Å². The molecule has 3 heteroatoms. The van der Waals surface area contributed by atoms with Crippen LogP contribution in [-0.2, 0) is 11.3 Å². The van der Waals surface area contributed by atoms with Crippen molar-refractivity contribution >= 4 is 0 Å². The van der Waals surface area contributed by atoms with Gasteiger partial charge in [-0.05, 0) is 30.0 Å². The summed E-state index contributed by atoms with van der Waals surface area (Å²) in [5.74, 6) is 2.99. The highest BCUT2D eigenvalue weighted by atomic mass is 16.5. The minimum atomic E-state index is 0.289. The van der Waals surface area contributed by atoms with Crippen LogP contribution in [0.3, 0.4) is 0 Å². The van der Waals surface area contributed by atoms with Crippen LogP contribution >= 0.6 is 0 Å². The highest BCUT2D eigenvalue weighted by Crippen LogP contribution is 2.63. The number of hydrogen-bond donors (Lipinski definition) is 1. The van der Waals surface area contributed by atoms with Gasteiger partial charge in [0.05, 0.1) is 0 Å². The lowest BCUT2D eigenvalue weighted by molar-refractivity contribution is 0.162. The summed E-state index contributed by atoms with van der Waals surface area (Å²) in [5.41, 5.74) is 6.02. The minimum Gasteiger partial charge on any atom is -0.463 e. The van der Waals surface area contributed by atoms with E-state index in [1.54, 1.807) is 7.11 Å². The third kappa shape index (κ3) is 1.70. The number of methoxy groups -OCH3 is 1. The summed E-state index contributed by atoms with van der Waals surface area (Å²) < 4.78 is 10.8. The van der Waals surface area contributed by atoms with Gasteiger partial charge in [0.2, 0.25) is 0 Å². The van der Waals surface area contributed by atoms with E-state index in [0.29, 0.717) is 18.4 Å². The molecule has 0 radical (unpaired) electrons. The maximum absolute atomic E-state index is 5.74. The van der Waals surface area contributed by atoms with E-state index < -0.39 is 0 Å². The Morgan fingerprint density at radius 2 is 2.20 bits per heavy atom. The van der Waals surface area contributed by atoms with Crippen molar-refractivity contribution in [2.75, 3.05) is 13.7 Å². The van der Waals surface area contributed by atoms with Gasteiger partial charge in [-0.25, -0.2) is 0 Å². The van der Waals surface area contributed by atoms with Crippen LogP contribution in [0.2, 0.25) is 0 Å². The van der Waals surface area contributed by atoms with E-state index in [9.17, 15) is 0 Å². The Hall–Kier alpha value is -0.800. The van der Waals surface area contributed by atoms with Crippen LogP contribution < -0.4 is 5.73 Å². The number of rotatable bonds is 4. The average molecular weight is 209 g/mol. The fraction of sp³-hybridized carbons (Fsp3) is 0.667. The Morgan fingerprint density at radius 3 is 2.73 bits per heavy atom. The molecule has 1 aliphatic rings. The van der Waals surface area contributed by atoms with Crippen LogP contribution in [0.1, 0.15) is 31.3 Å². The van der Waals surface area contributed by atoms with Crippen molar-refractivity contribution < 1.29 is 9.15 Å². The minimum absolute atomic E-state index is 0.289. The Morgan fingerprint density at radius 1 is 1.47 bits per heavy atom. The maximum Gasteiger partial charge on any atom is 0.129 e. The number of ether oxygens (including phenoxy) is 1. The molecule has 1 heterocycles. The molecule has 0 spiro atoms. The molecular formula is C12H19NO2. The lowest BCUT2D eigenvalue weighted by atomic mass is 10.1. The molecule has 3 nitrogen and oxygen atoms in total. The van der Waals surface area contributed by atoms with E-state index in [0.717, 1.165) is 18.1 Å². The summed E-state index contributed by atoms with van der Waals surface area (Å²) in [7, 11) is 1.67. The molecule has 1 saturated carbocycles. The summed E-state index contributed by atoms with van der Waals surface area (Å²) in [6, 6.07) is 4.04. The molecule has 0 aliphatic heterocycles. The molecule has 1 aromatic rings. The molecule has 2 N–H and O–H groups in total. The lowest BCUT2D eigenvalue weighted by Crippen LogP contribution is -2.05. The summed E-state index contributed by atoms with van der Waals surface area (Å²) in [5, 5.41) is 0. The highest BCUT2D eigenvalue weighted by Gasteiger charge is 2.58. The normalized spacial score (nSPS) is 28.0. The van der Waals surface area contributed by atoms with E-state index in [1.165, 1.54) is 0 Å². The molecular weight excluding hydrogens is 190 g/mol. The van der Waals surface area contributed by atoms with Gasteiger partial charge in [0.25, 0.3) is 0 Å². The van der Waals surface area contributed by atoms with Crippen LogP contribution in [0.15, 0.2) is 16.5 Å². The van der Waals surface area contributed by atoms with E-state index >= 15 is 0 Å². The van der Waals surface area contributed by atoms with Gasteiger partial charge in [-0.3, -0.25) is 0 Å². The average Bonchev–Trinajstić information content (AvgIpc) is 2.57. The van der Waals surface area contributed by atoms with Crippen molar-refractivity contribution in [1.29, 1.82) is 0 Å². The Bertz CT molecular complexity index is 343. The zero-order valence-corrected chi connectivity index (χ0v) is 9.62. The van der Waals surface area contributed by atoms with Crippen molar-refractivity contribution in [3.8, 4) is 0 Å². The number of nitrogens with two attached hydrogens (primary N) is 1. The van der Waals surface area contributed by atoms with Crippen molar-refractivity contribution in [3.05, 3.63) is 23.7 Å². The molecule has 84 valence electrons. The van der Waals surface area contributed by atoms with Gasteiger partial charge in [0, 0.05) is 13.0 Å². The Kier molecular flexibility index (Phi) is 2.61. The van der Waals surface area contributed by atoms with Crippen LogP contribution in [-0.4, -0.2) is 13.7 Å². The quantitative estimate of drug-likeness (QED) is 0.826. The molecule has 0 bridgehead atoms. The van der Waals surface area contributed by atoms with Crippen LogP contribution in [0.4, 0.5) is 0 Å². The monoisotopic (exact) mass is 209 g/mol. The van der Waals surface area contributed by atoms with E-state index in [4.69, 9.17) is 14.9 Å². The zero-order chi connectivity index (χ0) is 11.1. The van der Waals surface area contributed by atoms with Crippen molar-refractivity contribution in [1.82, 2.24) is 0 Å². The van der Waals surface area contributed by atoms with Crippen molar-refractivity contribution in [3.63, 3.8) is 0 Å². The van der Waals surface area contributed by atoms with Gasteiger partial charge < -0.3 is 14.9 Å². The Balaban J connectivity index is 2.11. The summed E-state index contributed by atoms with van der Waals surface area (Å²) in [6.07, 6.45) is 0. The topological polar surface area (TPSA) is 48.4 Å². The first kappa shape index (κ1) is 10.7. The molecule has 1 aromatic heterocycles. The number of hydrogen-bond acceptors (Lipinski definition) is 3. The SMILES string of the molecule is COCc1ccc([C@H]2[C@H](CN)C2(C)C)o1. The fourth-order valence-electron chi connectivity index (χ4n) is 2.53. The van der Waals surface area contributed by atoms with Gasteiger partial charge in [-0.15, -0.1) is 0 Å². The van der Waals surface area contributed by atoms with Gasteiger partial charge in [-0.1, -0.05) is 13.8 Å². The van der Waals surface area contributed by atoms with Crippen LogP contribution in [0, 0.1) is 11.3 Å². The second-order valence-corrected chi connectivity index (χ2v) is 4.88. The summed E-state index contributed by atoms with van der Waals surface area (Å²) >= 11 is 0. The second kappa shape index (κ2) is 3.65. The van der Waals surface area contributed by atoms with E-state index in [-0.39, 0.29) is 5.41 Å². The van der Waals surface area contributed by atoms with Gasteiger partial charge in [-0.2, -0.15) is 0 Å². The van der Waals surface area contributed by atoms with E-state index in [2.05, 4.69) is 19.9 Å². The zero-order valence-electron chi connectivity index (χ0n) is 9.62. The first-order chi connectivity index (χ1) is 7.11. The first-order valence-corrected chi connectivity index (χ1v) is 5.39. The summed E-state index contributed by atoms with van der Waals surface area (Å²) in [4.78, 5) is 0. The predicted molar refractivity (Wildman–Crippen MR) is 58.5 cm³/mol. The second-order valence-electron chi connectivity index (χ2n) is 4.88. The third-order valence-electron chi connectivity index (χ3n) is 3.58. The molecule has 15 heavy (non-hydrogen) atoms. The fourth-order valence-corrected chi connectivity index (χ4v) is 2.53. The Labute approximate surface area is 90.6 Å². The smallest absolute Gasteiger partial charge is 0.129 e. The molecule has 0 unspecified atom stereocenters. The third-order valence-corrected chi connectivity index (χ3v) is 3.58. The van der Waals surface area contributed by atoms with E-state index in [1.807, 2.05) is 6.07 Å². The molecule has 0 saturated heterocycles. The largest absolute Gasteiger partial charge is 0.463 e. The summed E-state index contributed by atoms with van der Waals surface area (Å²) in [6.45, 7) is 5.76. The molecule has 2 rings (SSSR count). The molecule has 2 atom stereocenters. The molecule has 1 aliphatic carbocycles. The lowest BCUT2D eigenvalue weighted by Gasteiger charge is -1.99. The molecule has 0 amide bonds. The predicted octanol–water partition coefficient (Wildman–Crippen LogP) is 2.12.